The number of para-hydroxylation sites is 1. The molecule has 5 nitrogen and oxygen atoms in total. The van der Waals surface area contributed by atoms with Crippen LogP contribution in [0.5, 0.6) is 5.75 Å². The first kappa shape index (κ1) is 20.0. The van der Waals surface area contributed by atoms with Crippen LogP contribution in [0.2, 0.25) is 5.02 Å². The van der Waals surface area contributed by atoms with Gasteiger partial charge >= 0.3 is 0 Å². The number of rotatable bonds is 7. The van der Waals surface area contributed by atoms with Crippen LogP contribution in [0.1, 0.15) is 39.1 Å². The molecule has 3 aromatic rings. The highest BCUT2D eigenvalue weighted by Crippen LogP contribution is 2.24. The van der Waals surface area contributed by atoms with Crippen molar-refractivity contribution in [3.63, 3.8) is 0 Å². The van der Waals surface area contributed by atoms with Crippen molar-refractivity contribution in [3.8, 4) is 5.75 Å². The smallest absolute Gasteiger partial charge is 0.259 e. The van der Waals surface area contributed by atoms with Crippen LogP contribution >= 0.6 is 11.6 Å². The van der Waals surface area contributed by atoms with Crippen LogP contribution in [0, 0.1) is 0 Å². The highest BCUT2D eigenvalue weighted by Gasteiger charge is 2.24. The Morgan fingerprint density at radius 2 is 1.70 bits per heavy atom. The van der Waals surface area contributed by atoms with Crippen molar-refractivity contribution >= 4 is 29.1 Å². The maximum Gasteiger partial charge on any atom is 0.259 e. The molecule has 0 atom stereocenters. The fraction of sp³-hybridized carbons (Fsp3) is 0.167. The highest BCUT2D eigenvalue weighted by atomic mass is 35.5. The van der Waals surface area contributed by atoms with Gasteiger partial charge in [0.15, 0.2) is 0 Å². The lowest BCUT2D eigenvalue weighted by Gasteiger charge is -2.13. The molecule has 1 saturated carbocycles. The number of carbonyl (C=O) groups excluding carboxylic acids is 2. The lowest BCUT2D eigenvalue weighted by molar-refractivity contribution is 0.0949. The van der Waals surface area contributed by atoms with Crippen molar-refractivity contribution in [1.29, 1.82) is 0 Å². The molecule has 0 radical (unpaired) electrons. The summed E-state index contributed by atoms with van der Waals surface area (Å²) >= 11 is 6.18. The summed E-state index contributed by atoms with van der Waals surface area (Å²) in [6.07, 6.45) is 2.04. The largest absolute Gasteiger partial charge is 0.488 e. The number of ether oxygens (including phenoxy) is 1. The zero-order valence-corrected chi connectivity index (χ0v) is 17.0. The Balaban J connectivity index is 1.46. The van der Waals surface area contributed by atoms with E-state index < -0.39 is 0 Å². The van der Waals surface area contributed by atoms with E-state index in [0.29, 0.717) is 27.6 Å². The lowest BCUT2D eigenvalue weighted by Crippen LogP contribution is -2.25. The number of hydrogen-bond donors (Lipinski definition) is 2. The molecule has 1 aliphatic rings. The zero-order valence-electron chi connectivity index (χ0n) is 16.2. The maximum absolute atomic E-state index is 12.9. The van der Waals surface area contributed by atoms with E-state index in [4.69, 9.17) is 16.3 Å². The number of carbonyl (C=O) groups is 2. The summed E-state index contributed by atoms with van der Waals surface area (Å²) in [5, 5.41) is 6.41. The topological polar surface area (TPSA) is 67.4 Å². The summed E-state index contributed by atoms with van der Waals surface area (Å²) in [4.78, 5) is 25.1. The van der Waals surface area contributed by atoms with Gasteiger partial charge in [-0.2, -0.15) is 0 Å². The van der Waals surface area contributed by atoms with E-state index >= 15 is 0 Å². The molecule has 2 amide bonds. The van der Waals surface area contributed by atoms with Gasteiger partial charge in [0.2, 0.25) is 0 Å². The minimum atomic E-state index is -0.315. The van der Waals surface area contributed by atoms with E-state index in [2.05, 4.69) is 10.6 Å². The second-order valence-corrected chi connectivity index (χ2v) is 7.57. The van der Waals surface area contributed by atoms with Crippen molar-refractivity contribution in [1.82, 2.24) is 5.32 Å². The fourth-order valence-electron chi connectivity index (χ4n) is 2.98. The molecule has 4 rings (SSSR count). The van der Waals surface area contributed by atoms with Gasteiger partial charge in [0, 0.05) is 27.9 Å². The third kappa shape index (κ3) is 4.99. The van der Waals surface area contributed by atoms with Crippen LogP contribution in [0.3, 0.4) is 0 Å². The third-order valence-electron chi connectivity index (χ3n) is 4.77. The van der Waals surface area contributed by atoms with Gasteiger partial charge in [0.1, 0.15) is 12.4 Å². The number of anilines is 1. The molecule has 0 saturated heterocycles. The predicted molar refractivity (Wildman–Crippen MR) is 117 cm³/mol. The summed E-state index contributed by atoms with van der Waals surface area (Å²) in [6.45, 7) is 0.251. The second kappa shape index (κ2) is 9.01. The molecule has 1 aliphatic carbocycles. The van der Waals surface area contributed by atoms with Gasteiger partial charge in [0.25, 0.3) is 11.8 Å². The Labute approximate surface area is 180 Å². The molecule has 30 heavy (non-hydrogen) atoms. The summed E-state index contributed by atoms with van der Waals surface area (Å²) < 4.78 is 5.87. The molecule has 0 aliphatic heterocycles. The average molecular weight is 421 g/mol. The van der Waals surface area contributed by atoms with E-state index in [0.717, 1.165) is 18.4 Å². The number of nitrogens with one attached hydrogen (secondary N) is 2. The van der Waals surface area contributed by atoms with Crippen LogP contribution in [0.4, 0.5) is 5.69 Å². The Kier molecular flexibility index (Phi) is 6.00. The first-order valence-corrected chi connectivity index (χ1v) is 10.2. The standard InChI is InChI=1S/C24H21ClN2O3/c25-21-10-3-1-6-17(21)15-30-22-11-4-2-9-20(22)24(29)27-19-8-5-7-16(14-19)23(28)26-18-12-13-18/h1-11,14,18H,12-13,15H2,(H,26,28)(H,27,29). The first-order chi connectivity index (χ1) is 14.6. The SMILES string of the molecule is O=C(NC1CC1)c1cccc(NC(=O)c2ccccc2OCc2ccccc2Cl)c1. The maximum atomic E-state index is 12.9. The number of amides is 2. The van der Waals surface area contributed by atoms with Crippen molar-refractivity contribution < 1.29 is 14.3 Å². The van der Waals surface area contributed by atoms with Gasteiger partial charge in [0.05, 0.1) is 5.56 Å². The fourth-order valence-corrected chi connectivity index (χ4v) is 3.17. The predicted octanol–water partition coefficient (Wildman–Crippen LogP) is 5.06. The van der Waals surface area contributed by atoms with Gasteiger partial charge in [-0.3, -0.25) is 9.59 Å². The molecular formula is C24H21ClN2O3. The van der Waals surface area contributed by atoms with Crippen molar-refractivity contribution in [2.24, 2.45) is 0 Å². The molecule has 152 valence electrons. The van der Waals surface area contributed by atoms with E-state index in [1.165, 1.54) is 0 Å². The molecule has 0 spiro atoms. The minimum Gasteiger partial charge on any atom is -0.488 e. The number of hydrogen-bond acceptors (Lipinski definition) is 3. The number of benzene rings is 3. The van der Waals surface area contributed by atoms with Crippen LogP contribution < -0.4 is 15.4 Å². The zero-order chi connectivity index (χ0) is 20.9. The molecule has 3 aromatic carbocycles. The molecule has 6 heteroatoms. The van der Waals surface area contributed by atoms with Gasteiger partial charge in [-0.1, -0.05) is 48.0 Å². The van der Waals surface area contributed by atoms with Crippen LogP contribution in [-0.2, 0) is 6.61 Å². The van der Waals surface area contributed by atoms with Crippen molar-refractivity contribution in [2.75, 3.05) is 5.32 Å². The third-order valence-corrected chi connectivity index (χ3v) is 5.14. The van der Waals surface area contributed by atoms with E-state index in [1.807, 2.05) is 24.3 Å². The molecule has 1 fully saturated rings. The van der Waals surface area contributed by atoms with E-state index in [1.54, 1.807) is 48.5 Å². The summed E-state index contributed by atoms with van der Waals surface area (Å²) in [5.74, 6) is 0.0131. The van der Waals surface area contributed by atoms with Gasteiger partial charge in [-0.25, -0.2) is 0 Å². The Morgan fingerprint density at radius 3 is 2.50 bits per heavy atom. The number of halogens is 1. The molecule has 0 unspecified atom stereocenters. The lowest BCUT2D eigenvalue weighted by atomic mass is 10.1. The van der Waals surface area contributed by atoms with Gasteiger partial charge < -0.3 is 15.4 Å². The van der Waals surface area contributed by atoms with Crippen LogP contribution in [-0.4, -0.2) is 17.9 Å². The van der Waals surface area contributed by atoms with Crippen molar-refractivity contribution in [3.05, 3.63) is 94.5 Å². The Bertz CT molecular complexity index is 1080. The van der Waals surface area contributed by atoms with Gasteiger partial charge in [-0.15, -0.1) is 0 Å². The first-order valence-electron chi connectivity index (χ1n) is 9.77. The van der Waals surface area contributed by atoms with Gasteiger partial charge in [-0.05, 0) is 49.2 Å². The minimum absolute atomic E-state index is 0.128. The Morgan fingerprint density at radius 1 is 0.933 bits per heavy atom. The van der Waals surface area contributed by atoms with Crippen molar-refractivity contribution in [2.45, 2.75) is 25.5 Å². The van der Waals surface area contributed by atoms with E-state index in [-0.39, 0.29) is 24.5 Å². The molecule has 0 aromatic heterocycles. The quantitative estimate of drug-likeness (QED) is 0.561. The summed E-state index contributed by atoms with van der Waals surface area (Å²) in [5.41, 5.74) is 2.30. The van der Waals surface area contributed by atoms with Crippen LogP contribution in [0.15, 0.2) is 72.8 Å². The summed E-state index contributed by atoms with van der Waals surface area (Å²) in [7, 11) is 0. The highest BCUT2D eigenvalue weighted by molar-refractivity contribution is 6.31. The van der Waals surface area contributed by atoms with E-state index in [9.17, 15) is 9.59 Å². The normalized spacial score (nSPS) is 12.8. The molecule has 2 N–H and O–H groups in total. The Hall–Kier alpha value is -3.31. The monoisotopic (exact) mass is 420 g/mol. The van der Waals surface area contributed by atoms with Crippen LogP contribution in [0.25, 0.3) is 0 Å². The molecule has 0 bridgehead atoms. The second-order valence-electron chi connectivity index (χ2n) is 7.16. The molecule has 0 heterocycles. The molecular weight excluding hydrogens is 400 g/mol. The average Bonchev–Trinajstić information content (AvgIpc) is 3.57. The summed E-state index contributed by atoms with van der Waals surface area (Å²) in [6, 6.07) is 21.6.